The Hall–Kier alpha value is -0.870. The molecular weight excluding hydrogens is 457 g/mol. The van der Waals surface area contributed by atoms with E-state index in [2.05, 4.69) is 55.6 Å². The van der Waals surface area contributed by atoms with Gasteiger partial charge >= 0.3 is 0 Å². The number of aromatic nitrogens is 1. The van der Waals surface area contributed by atoms with Gasteiger partial charge in [-0.25, -0.2) is 4.99 Å². The number of nitrogens with one attached hydrogen (secondary N) is 2. The number of hydrogen-bond acceptors (Lipinski definition) is 5. The molecule has 2 heterocycles. The molecule has 2 rings (SSSR count). The number of ether oxygens (including phenoxy) is 1. The molecule has 0 bridgehead atoms. The van der Waals surface area contributed by atoms with Gasteiger partial charge in [0.15, 0.2) is 5.96 Å². The molecule has 7 nitrogen and oxygen atoms in total. The normalized spacial score (nSPS) is 16.9. The van der Waals surface area contributed by atoms with Crippen molar-refractivity contribution in [1.82, 2.24) is 20.7 Å². The van der Waals surface area contributed by atoms with Crippen molar-refractivity contribution in [2.75, 3.05) is 40.4 Å². The Balaban J connectivity index is 0.00000364. The lowest BCUT2D eigenvalue weighted by atomic mass is 9.88. The zero-order valence-electron chi connectivity index (χ0n) is 17.4. The molecular formula is C19H36IN5O2. The molecule has 1 saturated heterocycles. The third-order valence-corrected chi connectivity index (χ3v) is 5.30. The van der Waals surface area contributed by atoms with E-state index in [1.54, 1.807) is 0 Å². The van der Waals surface area contributed by atoms with Crippen LogP contribution >= 0.6 is 24.0 Å². The van der Waals surface area contributed by atoms with E-state index in [0.717, 1.165) is 75.0 Å². The number of aliphatic imine (C=N–C) groups is 1. The molecule has 8 heteroatoms. The van der Waals surface area contributed by atoms with Gasteiger partial charge in [-0.05, 0) is 40.3 Å². The van der Waals surface area contributed by atoms with Crippen LogP contribution in [0.2, 0.25) is 0 Å². The van der Waals surface area contributed by atoms with Gasteiger partial charge in [-0.2, -0.15) is 0 Å². The van der Waals surface area contributed by atoms with Crippen LogP contribution in [0.1, 0.15) is 50.6 Å². The molecule has 0 saturated carbocycles. The summed E-state index contributed by atoms with van der Waals surface area (Å²) in [4.78, 5) is 7.11. The maximum Gasteiger partial charge on any atom is 0.191 e. The Morgan fingerprint density at radius 1 is 1.15 bits per heavy atom. The lowest BCUT2D eigenvalue weighted by Crippen LogP contribution is -2.57. The summed E-state index contributed by atoms with van der Waals surface area (Å²) >= 11 is 0. The van der Waals surface area contributed by atoms with Gasteiger partial charge in [0, 0.05) is 43.8 Å². The summed E-state index contributed by atoms with van der Waals surface area (Å²) in [5.74, 6) is 1.78. The van der Waals surface area contributed by atoms with E-state index >= 15 is 0 Å². The topological polar surface area (TPSA) is 74.9 Å². The molecule has 156 valence electrons. The predicted molar refractivity (Wildman–Crippen MR) is 120 cm³/mol. The van der Waals surface area contributed by atoms with Crippen molar-refractivity contribution in [3.63, 3.8) is 0 Å². The average Bonchev–Trinajstić information content (AvgIpc) is 3.06. The summed E-state index contributed by atoms with van der Waals surface area (Å²) in [6.45, 7) is 10.2. The SMILES string of the molecule is CCNC(=NCc1c(CC)noc1CC)NCC1(N(C)C)CCOCC1.I. The summed E-state index contributed by atoms with van der Waals surface area (Å²) in [5.41, 5.74) is 2.24. The first-order valence-corrected chi connectivity index (χ1v) is 9.80. The Morgan fingerprint density at radius 2 is 1.85 bits per heavy atom. The molecule has 27 heavy (non-hydrogen) atoms. The van der Waals surface area contributed by atoms with Crippen molar-refractivity contribution in [1.29, 1.82) is 0 Å². The van der Waals surface area contributed by atoms with Crippen molar-refractivity contribution in [3.05, 3.63) is 17.0 Å². The van der Waals surface area contributed by atoms with E-state index < -0.39 is 0 Å². The molecule has 0 amide bonds. The molecule has 1 fully saturated rings. The number of aryl methyl sites for hydroxylation is 2. The first-order valence-electron chi connectivity index (χ1n) is 9.80. The van der Waals surface area contributed by atoms with Crippen molar-refractivity contribution < 1.29 is 9.26 Å². The van der Waals surface area contributed by atoms with Crippen LogP contribution < -0.4 is 10.6 Å². The molecule has 0 aromatic carbocycles. The van der Waals surface area contributed by atoms with Gasteiger partial charge in [-0.3, -0.25) is 0 Å². The smallest absolute Gasteiger partial charge is 0.191 e. The first kappa shape index (κ1) is 24.2. The van der Waals surface area contributed by atoms with Crippen LogP contribution in [0.25, 0.3) is 0 Å². The minimum Gasteiger partial charge on any atom is -0.381 e. The predicted octanol–water partition coefficient (Wildman–Crippen LogP) is 2.58. The molecule has 0 unspecified atom stereocenters. The van der Waals surface area contributed by atoms with Crippen LogP contribution in [0.4, 0.5) is 0 Å². The van der Waals surface area contributed by atoms with Gasteiger partial charge in [0.25, 0.3) is 0 Å². The molecule has 1 aliphatic rings. The molecule has 0 spiro atoms. The van der Waals surface area contributed by atoms with E-state index in [-0.39, 0.29) is 29.5 Å². The van der Waals surface area contributed by atoms with Crippen LogP contribution in [0.15, 0.2) is 9.52 Å². The highest BCUT2D eigenvalue weighted by Crippen LogP contribution is 2.25. The second kappa shape index (κ2) is 11.9. The van der Waals surface area contributed by atoms with Gasteiger partial charge < -0.3 is 24.8 Å². The second-order valence-corrected chi connectivity index (χ2v) is 7.02. The van der Waals surface area contributed by atoms with Gasteiger partial charge in [0.2, 0.25) is 0 Å². The number of guanidine groups is 1. The Morgan fingerprint density at radius 3 is 2.41 bits per heavy atom. The van der Waals surface area contributed by atoms with Crippen LogP contribution in [0.3, 0.4) is 0 Å². The summed E-state index contributed by atoms with van der Waals surface area (Å²) in [6.07, 6.45) is 3.75. The third-order valence-electron chi connectivity index (χ3n) is 5.30. The minimum absolute atomic E-state index is 0. The maximum absolute atomic E-state index is 5.56. The van der Waals surface area contributed by atoms with Crippen LogP contribution in [0.5, 0.6) is 0 Å². The molecule has 0 aliphatic carbocycles. The van der Waals surface area contributed by atoms with Crippen molar-refractivity contribution in [2.45, 2.75) is 58.5 Å². The third kappa shape index (κ3) is 6.32. The fourth-order valence-electron chi connectivity index (χ4n) is 3.40. The lowest BCUT2D eigenvalue weighted by molar-refractivity contribution is -0.00501. The lowest BCUT2D eigenvalue weighted by Gasteiger charge is -2.43. The fraction of sp³-hybridized carbons (Fsp3) is 0.789. The van der Waals surface area contributed by atoms with Crippen LogP contribution in [-0.2, 0) is 24.1 Å². The summed E-state index contributed by atoms with van der Waals surface area (Å²) in [5, 5.41) is 11.1. The molecule has 0 atom stereocenters. The molecule has 1 aromatic rings. The van der Waals surface area contributed by atoms with E-state index in [9.17, 15) is 0 Å². The van der Waals surface area contributed by atoms with E-state index in [4.69, 9.17) is 14.3 Å². The number of halogens is 1. The monoisotopic (exact) mass is 493 g/mol. The van der Waals surface area contributed by atoms with Crippen LogP contribution in [-0.4, -0.2) is 62.0 Å². The molecule has 1 aliphatic heterocycles. The molecule has 2 N–H and O–H groups in total. The van der Waals surface area contributed by atoms with E-state index in [0.29, 0.717) is 6.54 Å². The van der Waals surface area contributed by atoms with E-state index in [1.807, 2.05) is 0 Å². The maximum atomic E-state index is 5.56. The second-order valence-electron chi connectivity index (χ2n) is 7.02. The molecule has 0 radical (unpaired) electrons. The van der Waals surface area contributed by atoms with Crippen molar-refractivity contribution >= 4 is 29.9 Å². The molecule has 1 aromatic heterocycles. The summed E-state index contributed by atoms with van der Waals surface area (Å²) in [7, 11) is 4.30. The van der Waals surface area contributed by atoms with Crippen molar-refractivity contribution in [3.8, 4) is 0 Å². The van der Waals surface area contributed by atoms with Crippen molar-refractivity contribution in [2.24, 2.45) is 4.99 Å². The van der Waals surface area contributed by atoms with Gasteiger partial charge in [-0.15, -0.1) is 24.0 Å². The number of nitrogens with zero attached hydrogens (tertiary/aromatic N) is 3. The highest BCUT2D eigenvalue weighted by atomic mass is 127. The number of hydrogen-bond donors (Lipinski definition) is 2. The standard InChI is InChI=1S/C19H35N5O2.HI/c1-6-16-15(17(7-2)26-23-16)13-21-18(20-8-3)22-14-19(24(4)5)9-11-25-12-10-19;/h6-14H2,1-5H3,(H2,20,21,22);1H. The fourth-order valence-corrected chi connectivity index (χ4v) is 3.40. The average molecular weight is 493 g/mol. The van der Waals surface area contributed by atoms with Gasteiger partial charge in [0.1, 0.15) is 5.76 Å². The zero-order chi connectivity index (χ0) is 19.0. The Bertz CT molecular complexity index is 561. The number of likely N-dealkylation sites (N-methyl/N-ethyl adjacent to an activating group) is 1. The Labute approximate surface area is 180 Å². The minimum atomic E-state index is 0. The zero-order valence-corrected chi connectivity index (χ0v) is 19.8. The highest BCUT2D eigenvalue weighted by molar-refractivity contribution is 14.0. The largest absolute Gasteiger partial charge is 0.381 e. The van der Waals surface area contributed by atoms with Gasteiger partial charge in [0.05, 0.1) is 12.2 Å². The quantitative estimate of drug-likeness (QED) is 0.330. The highest BCUT2D eigenvalue weighted by Gasteiger charge is 2.34. The van der Waals surface area contributed by atoms with Gasteiger partial charge in [-0.1, -0.05) is 19.0 Å². The first-order chi connectivity index (χ1) is 12.6. The van der Waals surface area contributed by atoms with Crippen LogP contribution in [0, 0.1) is 0 Å². The Kier molecular flexibility index (Phi) is 10.6. The summed E-state index contributed by atoms with van der Waals surface area (Å²) < 4.78 is 11.0. The summed E-state index contributed by atoms with van der Waals surface area (Å²) in [6, 6.07) is 0. The number of rotatable bonds is 8. The van der Waals surface area contributed by atoms with E-state index in [1.165, 1.54) is 0 Å².